The molecule has 0 saturated heterocycles. The van der Waals surface area contributed by atoms with Gasteiger partial charge in [0, 0.05) is 5.56 Å². The van der Waals surface area contributed by atoms with E-state index in [1.807, 2.05) is 18.2 Å². The van der Waals surface area contributed by atoms with E-state index in [2.05, 4.69) is 15.9 Å². The maximum absolute atomic E-state index is 11.0. The Bertz CT molecular complexity index is 566. The third kappa shape index (κ3) is 1.76. The fourth-order valence-electron chi connectivity index (χ4n) is 1.58. The molecule has 0 spiro atoms. The molecule has 4 heteroatoms. The summed E-state index contributed by atoms with van der Waals surface area (Å²) in [4.78, 5) is 11.0. The number of carbonyl (C=O) groups is 1. The van der Waals surface area contributed by atoms with Gasteiger partial charge in [-0.25, -0.2) is 0 Å². The first kappa shape index (κ1) is 11.0. The van der Waals surface area contributed by atoms with Gasteiger partial charge in [0.25, 0.3) is 0 Å². The normalized spacial score (nSPS) is 10.4. The summed E-state index contributed by atoms with van der Waals surface area (Å²) in [6.07, 6.45) is 0. The van der Waals surface area contributed by atoms with Crippen LogP contribution in [0.4, 0.5) is 0 Å². The van der Waals surface area contributed by atoms with Gasteiger partial charge in [-0.2, -0.15) is 0 Å². The minimum Gasteiger partial charge on any atom is -0.496 e. The number of fused-ring (bicyclic) bond motifs is 1. The molecule has 0 unspecified atom stereocenters. The lowest BCUT2D eigenvalue weighted by molar-refractivity contribution is 0.100. The molecular weight excluding hydrogens is 270 g/mol. The number of hydrogen-bond acceptors (Lipinski definition) is 2. The van der Waals surface area contributed by atoms with Gasteiger partial charge in [0.1, 0.15) is 5.75 Å². The smallest absolute Gasteiger partial charge is 0.248 e. The number of methoxy groups -OCH3 is 1. The Hall–Kier alpha value is -1.55. The molecule has 2 N–H and O–H groups in total. The van der Waals surface area contributed by atoms with Crippen LogP contribution in [-0.2, 0) is 0 Å². The van der Waals surface area contributed by atoms with Crippen LogP contribution < -0.4 is 10.5 Å². The van der Waals surface area contributed by atoms with Gasteiger partial charge in [-0.1, -0.05) is 12.1 Å². The predicted octanol–water partition coefficient (Wildman–Crippen LogP) is 2.71. The Morgan fingerprint density at radius 3 is 2.69 bits per heavy atom. The van der Waals surface area contributed by atoms with Crippen LogP contribution >= 0.6 is 15.9 Å². The van der Waals surface area contributed by atoms with E-state index >= 15 is 0 Å². The second-order valence-corrected chi connectivity index (χ2v) is 4.17. The number of rotatable bonds is 2. The van der Waals surface area contributed by atoms with Gasteiger partial charge < -0.3 is 10.5 Å². The minimum absolute atomic E-state index is 0.422. The van der Waals surface area contributed by atoms with E-state index in [4.69, 9.17) is 10.5 Å². The number of primary amides is 1. The zero-order chi connectivity index (χ0) is 11.7. The third-order valence-corrected chi connectivity index (χ3v) is 3.24. The fourth-order valence-corrected chi connectivity index (χ4v) is 2.24. The van der Waals surface area contributed by atoms with Crippen LogP contribution in [-0.4, -0.2) is 13.0 Å². The van der Waals surface area contributed by atoms with Crippen molar-refractivity contribution in [2.45, 2.75) is 0 Å². The molecular formula is C12H10BrNO2. The van der Waals surface area contributed by atoms with Crippen molar-refractivity contribution in [1.82, 2.24) is 0 Å². The average molecular weight is 280 g/mol. The molecule has 0 fully saturated rings. The second kappa shape index (κ2) is 4.14. The lowest BCUT2D eigenvalue weighted by atomic mass is 10.1. The van der Waals surface area contributed by atoms with Crippen LogP contribution in [0.15, 0.2) is 34.8 Å². The standard InChI is InChI=1S/C12H10BrNO2/c1-16-10-5-3-7-6-8(12(14)15)2-4-9(7)11(10)13/h2-6H,1H3,(H2,14,15). The molecule has 2 aromatic carbocycles. The van der Waals surface area contributed by atoms with E-state index < -0.39 is 5.91 Å². The van der Waals surface area contributed by atoms with Crippen molar-refractivity contribution >= 4 is 32.6 Å². The molecule has 2 rings (SSSR count). The van der Waals surface area contributed by atoms with E-state index in [0.717, 1.165) is 21.0 Å². The molecule has 0 heterocycles. The zero-order valence-electron chi connectivity index (χ0n) is 8.66. The highest BCUT2D eigenvalue weighted by Crippen LogP contribution is 2.33. The van der Waals surface area contributed by atoms with Gasteiger partial charge in [-0.3, -0.25) is 4.79 Å². The second-order valence-electron chi connectivity index (χ2n) is 3.38. The topological polar surface area (TPSA) is 52.3 Å². The quantitative estimate of drug-likeness (QED) is 0.919. The SMILES string of the molecule is COc1ccc2cc(C(N)=O)ccc2c1Br. The van der Waals surface area contributed by atoms with E-state index in [9.17, 15) is 4.79 Å². The van der Waals surface area contributed by atoms with Crippen molar-refractivity contribution in [3.8, 4) is 5.75 Å². The van der Waals surface area contributed by atoms with Gasteiger partial charge in [0.2, 0.25) is 5.91 Å². The summed E-state index contributed by atoms with van der Waals surface area (Å²) >= 11 is 3.46. The van der Waals surface area contributed by atoms with Crippen LogP contribution in [0.2, 0.25) is 0 Å². The monoisotopic (exact) mass is 279 g/mol. The predicted molar refractivity (Wildman–Crippen MR) is 66.7 cm³/mol. The third-order valence-electron chi connectivity index (χ3n) is 2.42. The summed E-state index contributed by atoms with van der Waals surface area (Å²) in [6, 6.07) is 9.06. The van der Waals surface area contributed by atoms with Crippen molar-refractivity contribution in [1.29, 1.82) is 0 Å². The molecule has 0 aromatic heterocycles. The molecule has 0 aliphatic heterocycles. The zero-order valence-corrected chi connectivity index (χ0v) is 10.2. The number of halogens is 1. The Kier molecular flexibility index (Phi) is 2.83. The van der Waals surface area contributed by atoms with Gasteiger partial charge in [-0.05, 0) is 44.9 Å². The lowest BCUT2D eigenvalue weighted by Gasteiger charge is -2.07. The molecule has 0 aliphatic rings. The van der Waals surface area contributed by atoms with Gasteiger partial charge in [0.15, 0.2) is 0 Å². The summed E-state index contributed by atoms with van der Waals surface area (Å²) in [5.74, 6) is 0.341. The highest BCUT2D eigenvalue weighted by molar-refractivity contribution is 9.10. The summed E-state index contributed by atoms with van der Waals surface area (Å²) in [6.45, 7) is 0. The Morgan fingerprint density at radius 2 is 2.06 bits per heavy atom. The lowest BCUT2D eigenvalue weighted by Crippen LogP contribution is -2.10. The highest BCUT2D eigenvalue weighted by Gasteiger charge is 2.07. The van der Waals surface area contributed by atoms with Crippen molar-refractivity contribution in [3.63, 3.8) is 0 Å². The maximum Gasteiger partial charge on any atom is 0.248 e. The molecule has 16 heavy (non-hydrogen) atoms. The molecule has 0 bridgehead atoms. The summed E-state index contributed by atoms with van der Waals surface area (Å²) in [5, 5.41) is 1.94. The van der Waals surface area contributed by atoms with E-state index in [1.54, 1.807) is 19.2 Å². The van der Waals surface area contributed by atoms with Crippen LogP contribution in [0.1, 0.15) is 10.4 Å². The highest BCUT2D eigenvalue weighted by atomic mass is 79.9. The van der Waals surface area contributed by atoms with Crippen molar-refractivity contribution in [3.05, 3.63) is 40.4 Å². The maximum atomic E-state index is 11.0. The van der Waals surface area contributed by atoms with Crippen LogP contribution in [0, 0.1) is 0 Å². The number of amides is 1. The number of benzene rings is 2. The molecule has 0 saturated carbocycles. The first-order chi connectivity index (χ1) is 7.63. The Morgan fingerprint density at radius 1 is 1.31 bits per heavy atom. The number of hydrogen-bond donors (Lipinski definition) is 1. The van der Waals surface area contributed by atoms with Crippen molar-refractivity contribution in [2.24, 2.45) is 5.73 Å². The largest absolute Gasteiger partial charge is 0.496 e. The number of carbonyl (C=O) groups excluding carboxylic acids is 1. The fraction of sp³-hybridized carbons (Fsp3) is 0.0833. The summed E-state index contributed by atoms with van der Waals surface area (Å²) in [5.41, 5.74) is 5.73. The van der Waals surface area contributed by atoms with E-state index in [-0.39, 0.29) is 0 Å². The summed E-state index contributed by atoms with van der Waals surface area (Å²) < 4.78 is 6.07. The molecule has 2 aromatic rings. The molecule has 0 aliphatic carbocycles. The molecule has 82 valence electrons. The molecule has 0 atom stereocenters. The van der Waals surface area contributed by atoms with Crippen LogP contribution in [0.3, 0.4) is 0 Å². The van der Waals surface area contributed by atoms with Gasteiger partial charge in [0.05, 0.1) is 11.6 Å². The Balaban J connectivity index is 2.69. The van der Waals surface area contributed by atoms with Gasteiger partial charge in [-0.15, -0.1) is 0 Å². The first-order valence-electron chi connectivity index (χ1n) is 4.69. The summed E-state index contributed by atoms with van der Waals surface area (Å²) in [7, 11) is 1.61. The number of nitrogens with two attached hydrogens (primary N) is 1. The molecule has 1 amide bonds. The molecule has 0 radical (unpaired) electrons. The minimum atomic E-state index is -0.422. The number of ether oxygens (including phenoxy) is 1. The van der Waals surface area contributed by atoms with Crippen LogP contribution in [0.5, 0.6) is 5.75 Å². The molecule has 3 nitrogen and oxygen atoms in total. The van der Waals surface area contributed by atoms with Gasteiger partial charge >= 0.3 is 0 Å². The first-order valence-corrected chi connectivity index (χ1v) is 5.49. The van der Waals surface area contributed by atoms with Crippen LogP contribution in [0.25, 0.3) is 10.8 Å². The Labute approximate surface area is 101 Å². The van der Waals surface area contributed by atoms with Crippen molar-refractivity contribution < 1.29 is 9.53 Å². The van der Waals surface area contributed by atoms with E-state index in [1.165, 1.54) is 0 Å². The van der Waals surface area contributed by atoms with Crippen molar-refractivity contribution in [2.75, 3.05) is 7.11 Å². The van der Waals surface area contributed by atoms with E-state index in [0.29, 0.717) is 5.56 Å². The average Bonchev–Trinajstić information content (AvgIpc) is 2.29.